The maximum absolute atomic E-state index is 14.7. The highest BCUT2D eigenvalue weighted by Crippen LogP contribution is 2.42. The van der Waals surface area contributed by atoms with E-state index in [9.17, 15) is 28.8 Å². The molecule has 10 nitrogen and oxygen atoms in total. The third-order valence-electron chi connectivity index (χ3n) is 12.2. The molecule has 2 atom stereocenters. The normalized spacial score (nSPS) is 17.2. The summed E-state index contributed by atoms with van der Waals surface area (Å²) < 4.78 is 23.9. The Balaban J connectivity index is 0.996. The molecule has 0 bridgehead atoms. The first-order valence-electron chi connectivity index (χ1n) is 20.3. The fourth-order valence-electron chi connectivity index (χ4n) is 9.37. The summed E-state index contributed by atoms with van der Waals surface area (Å²) in [5.74, 6) is -2.27. The van der Waals surface area contributed by atoms with E-state index in [0.29, 0.717) is 62.5 Å². The van der Waals surface area contributed by atoms with Gasteiger partial charge in [0.1, 0.15) is 25.5 Å². The van der Waals surface area contributed by atoms with Crippen molar-refractivity contribution in [3.05, 3.63) is 137 Å². The number of para-hydroxylation sites is 2. The molecule has 8 rings (SSSR count). The molecule has 0 fully saturated rings. The van der Waals surface area contributed by atoms with Gasteiger partial charge in [0.25, 0.3) is 0 Å². The number of ether oxygens (including phenoxy) is 1. The molecule has 2 aliphatic carbocycles. The maximum Gasteiger partial charge on any atom is 0.333 e. The van der Waals surface area contributed by atoms with Crippen molar-refractivity contribution in [2.75, 3.05) is 18.0 Å². The van der Waals surface area contributed by atoms with Crippen molar-refractivity contribution < 1.29 is 28.3 Å². The fourth-order valence-corrected chi connectivity index (χ4v) is 9.37. The van der Waals surface area contributed by atoms with Crippen LogP contribution in [0, 0.1) is 28.5 Å². The van der Waals surface area contributed by atoms with Crippen LogP contribution in [0.1, 0.15) is 54.8 Å². The summed E-state index contributed by atoms with van der Waals surface area (Å²) in [6.07, 6.45) is 2.92. The molecule has 2 heterocycles. The summed E-state index contributed by atoms with van der Waals surface area (Å²) >= 11 is 0. The van der Waals surface area contributed by atoms with Crippen LogP contribution in [-0.2, 0) is 69.2 Å². The number of carbonyl (C=O) groups excluding carboxylic acids is 4. The lowest BCUT2D eigenvalue weighted by molar-refractivity contribution is -0.160. The fraction of sp³-hybridized carbons (Fsp3) is 0.312. The van der Waals surface area contributed by atoms with Gasteiger partial charge < -0.3 is 23.7 Å². The van der Waals surface area contributed by atoms with Crippen molar-refractivity contribution in [2.45, 2.75) is 72.0 Å². The Labute approximate surface area is 342 Å². The Morgan fingerprint density at radius 2 is 1.47 bits per heavy atom. The van der Waals surface area contributed by atoms with Gasteiger partial charge in [-0.05, 0) is 98.5 Å². The minimum atomic E-state index is -0.768. The lowest BCUT2D eigenvalue weighted by Gasteiger charge is -2.37. The Morgan fingerprint density at radius 3 is 2.17 bits per heavy atom. The smallest absolute Gasteiger partial charge is 0.333 e. The predicted octanol–water partition coefficient (Wildman–Crippen LogP) is 7.71. The van der Waals surface area contributed by atoms with Gasteiger partial charge in [-0.3, -0.25) is 9.59 Å². The second-order valence-corrected chi connectivity index (χ2v) is 15.9. The van der Waals surface area contributed by atoms with Crippen LogP contribution in [0.25, 0.3) is 21.8 Å². The minimum absolute atomic E-state index is 0.00615. The van der Waals surface area contributed by atoms with Crippen LogP contribution < -0.4 is 4.90 Å². The third kappa shape index (κ3) is 7.63. The zero-order valence-corrected chi connectivity index (χ0v) is 33.3. The molecular weight excluding hydrogens is 746 g/mol. The van der Waals surface area contributed by atoms with Gasteiger partial charge in [-0.1, -0.05) is 73.7 Å². The number of hydrogen-bond acceptors (Lipinski definition) is 6. The van der Waals surface area contributed by atoms with Gasteiger partial charge in [0, 0.05) is 57.9 Å². The number of halogens is 1. The molecular formula is C48H46FN5O5. The van der Waals surface area contributed by atoms with Crippen molar-refractivity contribution >= 4 is 51.2 Å². The molecule has 2 unspecified atom stereocenters. The summed E-state index contributed by atoms with van der Waals surface area (Å²) in [5, 5.41) is 11.2. The van der Waals surface area contributed by atoms with E-state index in [0.717, 1.165) is 44.7 Å². The molecule has 0 saturated heterocycles. The van der Waals surface area contributed by atoms with Crippen LogP contribution in [0.3, 0.4) is 0 Å². The summed E-state index contributed by atoms with van der Waals surface area (Å²) in [5.41, 5.74) is 6.01. The second-order valence-electron chi connectivity index (χ2n) is 15.9. The number of hydrogen-bond donors (Lipinski definition) is 0. The van der Waals surface area contributed by atoms with Crippen LogP contribution >= 0.6 is 0 Å². The van der Waals surface area contributed by atoms with Crippen LogP contribution in [0.4, 0.5) is 10.1 Å². The van der Waals surface area contributed by atoms with Crippen molar-refractivity contribution in [1.29, 1.82) is 5.26 Å². The van der Waals surface area contributed by atoms with Gasteiger partial charge in [-0.2, -0.15) is 5.26 Å². The lowest BCUT2D eigenvalue weighted by atomic mass is 9.73. The number of benzene rings is 4. The Morgan fingerprint density at radius 1 is 0.831 bits per heavy atom. The second kappa shape index (κ2) is 16.4. The number of carbonyl (C=O) groups is 4. The van der Waals surface area contributed by atoms with Crippen LogP contribution in [0.2, 0.25) is 0 Å². The van der Waals surface area contributed by atoms with Gasteiger partial charge in [0.15, 0.2) is 0 Å². The van der Waals surface area contributed by atoms with Crippen molar-refractivity contribution in [1.82, 2.24) is 14.0 Å². The molecule has 11 heteroatoms. The number of esters is 2. The molecule has 2 aromatic heterocycles. The van der Waals surface area contributed by atoms with Gasteiger partial charge in [0.05, 0.1) is 11.5 Å². The quantitative estimate of drug-likeness (QED) is 0.0754. The minimum Gasteiger partial charge on any atom is -0.390 e. The molecule has 0 radical (unpaired) electrons. The molecule has 6 aromatic rings. The topological polar surface area (TPSA) is 118 Å². The SMILES string of the molecule is CCN(C(=O)C1CCc2c(c3cc(F)ccc3n2CC(=O)OC(=O)Cn2c3c(c4ccccc42)CC(C)(C(=O)N(CC#N)Cc2ccccc2)CC3)C1)c1ccccc1. The van der Waals surface area contributed by atoms with E-state index < -0.39 is 23.2 Å². The Bertz CT molecular complexity index is 2630. The van der Waals surface area contributed by atoms with E-state index in [1.165, 1.54) is 12.1 Å². The molecule has 2 amide bonds. The van der Waals surface area contributed by atoms with Crippen LogP contribution in [-0.4, -0.2) is 50.9 Å². The highest BCUT2D eigenvalue weighted by Gasteiger charge is 2.42. The monoisotopic (exact) mass is 791 g/mol. The average molecular weight is 792 g/mol. The number of fused-ring (bicyclic) bond motifs is 6. The zero-order valence-electron chi connectivity index (χ0n) is 33.3. The van der Waals surface area contributed by atoms with E-state index >= 15 is 0 Å². The third-order valence-corrected chi connectivity index (χ3v) is 12.2. The molecule has 59 heavy (non-hydrogen) atoms. The number of aromatic nitrogens is 2. The highest BCUT2D eigenvalue weighted by molar-refractivity contribution is 5.97. The highest BCUT2D eigenvalue weighted by atomic mass is 19.1. The number of nitriles is 1. The van der Waals surface area contributed by atoms with Crippen LogP contribution in [0.5, 0.6) is 0 Å². The van der Waals surface area contributed by atoms with E-state index in [-0.39, 0.29) is 37.4 Å². The molecule has 2 aliphatic rings. The first-order chi connectivity index (χ1) is 28.6. The molecule has 0 aliphatic heterocycles. The van der Waals surface area contributed by atoms with Crippen molar-refractivity contribution in [2.24, 2.45) is 11.3 Å². The van der Waals surface area contributed by atoms with E-state index in [4.69, 9.17) is 4.74 Å². The molecule has 0 N–H and O–H groups in total. The lowest BCUT2D eigenvalue weighted by Crippen LogP contribution is -2.45. The summed E-state index contributed by atoms with van der Waals surface area (Å²) in [4.78, 5) is 58.6. The van der Waals surface area contributed by atoms with E-state index in [2.05, 4.69) is 6.07 Å². The Kier molecular flexibility index (Phi) is 10.9. The molecule has 0 saturated carbocycles. The maximum atomic E-state index is 14.7. The largest absolute Gasteiger partial charge is 0.390 e. The standard InChI is InChI=1S/C48H46FN5O5/c1-3-52(35-14-8-5-9-15-35)46(57)33-18-20-41-37(26-33)38-27-34(49)19-21-42(38)54(41)31-45(56)59-44(55)30-53-40-17-11-10-16-36(40)39-28-48(2,23-22-43(39)53)47(58)51(25-24-50)29-32-12-6-4-7-13-32/h4-17,19,21,27,33H,3,18,20,22-23,25-26,28-31H2,1-2H3. The van der Waals surface area contributed by atoms with Crippen LogP contribution in [0.15, 0.2) is 103 Å². The number of rotatable bonds is 11. The Hall–Kier alpha value is -6.54. The van der Waals surface area contributed by atoms with Gasteiger partial charge >= 0.3 is 11.9 Å². The molecule has 0 spiro atoms. The van der Waals surface area contributed by atoms with E-state index in [1.807, 2.05) is 103 Å². The van der Waals surface area contributed by atoms with Gasteiger partial charge in [-0.15, -0.1) is 0 Å². The van der Waals surface area contributed by atoms with Gasteiger partial charge in [-0.25, -0.2) is 14.0 Å². The summed E-state index contributed by atoms with van der Waals surface area (Å²) in [6, 6.07) is 33.5. The van der Waals surface area contributed by atoms with Crippen molar-refractivity contribution in [3.8, 4) is 6.07 Å². The molecule has 4 aromatic carbocycles. The number of nitrogens with zero attached hydrogens (tertiary/aromatic N) is 5. The first kappa shape index (κ1) is 39.3. The average Bonchev–Trinajstić information content (AvgIpc) is 3.71. The summed E-state index contributed by atoms with van der Waals surface area (Å²) in [6.45, 7) is 4.27. The summed E-state index contributed by atoms with van der Waals surface area (Å²) in [7, 11) is 0. The first-order valence-corrected chi connectivity index (χ1v) is 20.3. The van der Waals surface area contributed by atoms with Crippen molar-refractivity contribution in [3.63, 3.8) is 0 Å². The molecule has 300 valence electrons. The predicted molar refractivity (Wildman–Crippen MR) is 223 cm³/mol. The number of amides is 2. The van der Waals surface area contributed by atoms with Gasteiger partial charge in [0.2, 0.25) is 11.8 Å². The number of anilines is 1. The van der Waals surface area contributed by atoms with E-state index in [1.54, 1.807) is 20.4 Å². The zero-order chi connectivity index (χ0) is 41.3.